The van der Waals surface area contributed by atoms with Gasteiger partial charge < -0.3 is 15.2 Å². The molecule has 156 valence electrons. The molecular formula is C19H19F3N2O4S. The molecule has 1 aliphatic rings. The quantitative estimate of drug-likeness (QED) is 0.665. The summed E-state index contributed by atoms with van der Waals surface area (Å²) in [6.45, 7) is 1.35. The first-order valence-electron chi connectivity index (χ1n) is 8.71. The van der Waals surface area contributed by atoms with Gasteiger partial charge in [-0.1, -0.05) is 18.2 Å². The number of rotatable bonds is 7. The molecule has 0 radical (unpaired) electrons. The molecule has 6 nitrogen and oxygen atoms in total. The lowest BCUT2D eigenvalue weighted by atomic mass is 9.91. The number of thiophene rings is 1. The molecule has 3 rings (SSSR count). The standard InChI is InChI=1S/C19H19F3N2O4S/c1-18(12-4-6-13(7-5-12)19(20,21)22)16(26)24(17(27)23-18)9-14(25)10-28-11-15-3-2-8-29-15/h2-8,14,25H,9-11H2,1H3,(H,23,27)/t14-,18+/m0/s1. The van der Waals surface area contributed by atoms with Crippen LogP contribution in [-0.4, -0.2) is 41.2 Å². The molecule has 0 saturated carbocycles. The summed E-state index contributed by atoms with van der Waals surface area (Å²) in [6.07, 6.45) is -5.60. The molecule has 29 heavy (non-hydrogen) atoms. The SMILES string of the molecule is C[C@]1(c2ccc(C(F)(F)F)cc2)NC(=O)N(C[C@H](O)COCc2cccs2)C1=O. The molecule has 2 heterocycles. The smallest absolute Gasteiger partial charge is 0.389 e. The van der Waals surface area contributed by atoms with Gasteiger partial charge in [0, 0.05) is 4.88 Å². The second-order valence-electron chi connectivity index (χ2n) is 6.79. The number of carbonyl (C=O) groups is 2. The summed E-state index contributed by atoms with van der Waals surface area (Å²) in [5.74, 6) is -0.653. The van der Waals surface area contributed by atoms with Crippen LogP contribution in [0.15, 0.2) is 41.8 Å². The van der Waals surface area contributed by atoms with E-state index in [4.69, 9.17) is 4.74 Å². The molecule has 0 aliphatic carbocycles. The second-order valence-corrected chi connectivity index (χ2v) is 7.83. The highest BCUT2D eigenvalue weighted by molar-refractivity contribution is 7.09. The summed E-state index contributed by atoms with van der Waals surface area (Å²) >= 11 is 1.50. The van der Waals surface area contributed by atoms with Crippen molar-refractivity contribution in [2.24, 2.45) is 0 Å². The maximum atomic E-state index is 12.8. The van der Waals surface area contributed by atoms with Crippen molar-refractivity contribution in [2.45, 2.75) is 31.3 Å². The number of nitrogens with one attached hydrogen (secondary N) is 1. The number of amides is 3. The maximum absolute atomic E-state index is 12.8. The molecular weight excluding hydrogens is 409 g/mol. The summed E-state index contributed by atoms with van der Waals surface area (Å²) in [5, 5.41) is 14.5. The molecule has 1 aromatic carbocycles. The summed E-state index contributed by atoms with van der Waals surface area (Å²) < 4.78 is 43.6. The van der Waals surface area contributed by atoms with Gasteiger partial charge in [0.25, 0.3) is 5.91 Å². The number of aliphatic hydroxyl groups excluding tert-OH is 1. The van der Waals surface area contributed by atoms with Crippen molar-refractivity contribution in [3.05, 3.63) is 57.8 Å². The maximum Gasteiger partial charge on any atom is 0.416 e. The second kappa shape index (κ2) is 8.13. The van der Waals surface area contributed by atoms with E-state index in [2.05, 4.69) is 5.32 Å². The third-order valence-electron chi connectivity index (χ3n) is 4.59. The molecule has 0 unspecified atom stereocenters. The highest BCUT2D eigenvalue weighted by Gasteiger charge is 2.49. The van der Waals surface area contributed by atoms with E-state index in [1.165, 1.54) is 18.3 Å². The summed E-state index contributed by atoms with van der Waals surface area (Å²) in [5.41, 5.74) is -2.15. The van der Waals surface area contributed by atoms with E-state index in [1.54, 1.807) is 0 Å². The molecule has 2 atom stereocenters. The van der Waals surface area contributed by atoms with Crippen molar-refractivity contribution < 1.29 is 32.6 Å². The molecule has 2 aromatic rings. The molecule has 0 spiro atoms. The number of nitrogens with zero attached hydrogens (tertiary/aromatic N) is 1. The van der Waals surface area contributed by atoms with E-state index in [0.29, 0.717) is 6.61 Å². The highest BCUT2D eigenvalue weighted by Crippen LogP contribution is 2.33. The molecule has 10 heteroatoms. The van der Waals surface area contributed by atoms with E-state index in [-0.39, 0.29) is 18.7 Å². The Morgan fingerprint density at radius 2 is 1.93 bits per heavy atom. The van der Waals surface area contributed by atoms with E-state index in [1.807, 2.05) is 17.5 Å². The van der Waals surface area contributed by atoms with Crippen LogP contribution in [0.4, 0.5) is 18.0 Å². The minimum atomic E-state index is -4.50. The number of hydrogen-bond donors (Lipinski definition) is 2. The number of benzene rings is 1. The Balaban J connectivity index is 1.63. The Labute approximate surface area is 168 Å². The zero-order valence-corrected chi connectivity index (χ0v) is 16.2. The van der Waals surface area contributed by atoms with Crippen molar-refractivity contribution in [3.63, 3.8) is 0 Å². The molecule has 1 fully saturated rings. The van der Waals surface area contributed by atoms with Crippen LogP contribution in [0.3, 0.4) is 0 Å². The first kappa shape index (κ1) is 21.3. The van der Waals surface area contributed by atoms with Gasteiger partial charge in [0.05, 0.1) is 31.4 Å². The van der Waals surface area contributed by atoms with Gasteiger partial charge in [-0.25, -0.2) is 4.79 Å². The van der Waals surface area contributed by atoms with Crippen LogP contribution in [0.5, 0.6) is 0 Å². The van der Waals surface area contributed by atoms with Crippen LogP contribution in [-0.2, 0) is 27.9 Å². The topological polar surface area (TPSA) is 78.9 Å². The lowest BCUT2D eigenvalue weighted by Crippen LogP contribution is -2.42. The average Bonchev–Trinajstić information content (AvgIpc) is 3.24. The largest absolute Gasteiger partial charge is 0.416 e. The fraction of sp³-hybridized carbons (Fsp3) is 0.368. The predicted octanol–water partition coefficient (Wildman–Crippen LogP) is 3.11. The van der Waals surface area contributed by atoms with Crippen molar-refractivity contribution in [1.29, 1.82) is 0 Å². The molecule has 0 bridgehead atoms. The van der Waals surface area contributed by atoms with E-state index < -0.39 is 35.3 Å². The average molecular weight is 428 g/mol. The third-order valence-corrected chi connectivity index (χ3v) is 5.44. The minimum absolute atomic E-state index is 0.0774. The van der Waals surface area contributed by atoms with Crippen LogP contribution < -0.4 is 5.32 Å². The molecule has 1 aliphatic heterocycles. The van der Waals surface area contributed by atoms with Crippen molar-refractivity contribution in [2.75, 3.05) is 13.2 Å². The number of ether oxygens (including phenoxy) is 1. The Morgan fingerprint density at radius 1 is 1.24 bits per heavy atom. The van der Waals surface area contributed by atoms with Crippen LogP contribution in [0.1, 0.15) is 22.9 Å². The minimum Gasteiger partial charge on any atom is -0.389 e. The molecule has 2 N–H and O–H groups in total. The first-order chi connectivity index (χ1) is 13.6. The van der Waals surface area contributed by atoms with Crippen molar-refractivity contribution >= 4 is 23.3 Å². The predicted molar refractivity (Wildman–Crippen MR) is 99.0 cm³/mol. The number of imide groups is 1. The lowest BCUT2D eigenvalue weighted by molar-refractivity contribution is -0.137. The molecule has 3 amide bonds. The van der Waals surface area contributed by atoms with Gasteiger partial charge in [-0.05, 0) is 36.1 Å². The van der Waals surface area contributed by atoms with Crippen LogP contribution >= 0.6 is 11.3 Å². The first-order valence-corrected chi connectivity index (χ1v) is 9.59. The van der Waals surface area contributed by atoms with Gasteiger partial charge in [0.15, 0.2) is 0 Å². The van der Waals surface area contributed by atoms with E-state index in [0.717, 1.165) is 34.0 Å². The number of halogens is 3. The highest BCUT2D eigenvalue weighted by atomic mass is 32.1. The van der Waals surface area contributed by atoms with Gasteiger partial charge >= 0.3 is 12.2 Å². The number of urea groups is 1. The zero-order chi connectivity index (χ0) is 21.2. The zero-order valence-electron chi connectivity index (χ0n) is 15.4. The normalized spacial score (nSPS) is 20.8. The van der Waals surface area contributed by atoms with Crippen molar-refractivity contribution in [3.8, 4) is 0 Å². The Hall–Kier alpha value is -2.43. The summed E-state index contributed by atoms with van der Waals surface area (Å²) in [4.78, 5) is 26.9. The van der Waals surface area contributed by atoms with Crippen molar-refractivity contribution in [1.82, 2.24) is 10.2 Å². The monoisotopic (exact) mass is 428 g/mol. The molecule has 1 saturated heterocycles. The van der Waals surface area contributed by atoms with E-state index >= 15 is 0 Å². The van der Waals surface area contributed by atoms with Crippen LogP contribution in [0.2, 0.25) is 0 Å². The number of aliphatic hydroxyl groups is 1. The summed E-state index contributed by atoms with van der Waals surface area (Å²) in [7, 11) is 0. The Bertz CT molecular complexity index is 871. The van der Waals surface area contributed by atoms with Gasteiger partial charge in [0.1, 0.15) is 5.54 Å². The number of alkyl halides is 3. The lowest BCUT2D eigenvalue weighted by Gasteiger charge is -2.23. The summed E-state index contributed by atoms with van der Waals surface area (Å²) in [6, 6.07) is 7.05. The van der Waals surface area contributed by atoms with Crippen LogP contribution in [0, 0.1) is 0 Å². The number of carbonyl (C=O) groups excluding carboxylic acids is 2. The Morgan fingerprint density at radius 3 is 2.52 bits per heavy atom. The fourth-order valence-corrected chi connectivity index (χ4v) is 3.65. The van der Waals surface area contributed by atoms with Gasteiger partial charge in [-0.15, -0.1) is 11.3 Å². The fourth-order valence-electron chi connectivity index (χ4n) is 3.00. The van der Waals surface area contributed by atoms with E-state index in [9.17, 15) is 27.9 Å². The van der Waals surface area contributed by atoms with Gasteiger partial charge in [0.2, 0.25) is 0 Å². The van der Waals surface area contributed by atoms with Crippen LogP contribution in [0.25, 0.3) is 0 Å². The molecule has 1 aromatic heterocycles. The van der Waals surface area contributed by atoms with Gasteiger partial charge in [-0.2, -0.15) is 13.2 Å². The number of hydrogen-bond acceptors (Lipinski definition) is 5. The van der Waals surface area contributed by atoms with Gasteiger partial charge in [-0.3, -0.25) is 9.69 Å². The number of β-amino-alcohol motifs (C(OH)–C–C–N with tert-alkyl or cyclic N) is 1. The Kier molecular flexibility index (Phi) is 5.97. The third kappa shape index (κ3) is 4.60.